The van der Waals surface area contributed by atoms with E-state index in [-0.39, 0.29) is 0 Å². The molecule has 0 radical (unpaired) electrons. The van der Waals surface area contributed by atoms with Crippen LogP contribution in [0.25, 0.3) is 0 Å². The van der Waals surface area contributed by atoms with Gasteiger partial charge in [-0.05, 0) is 20.4 Å². The van der Waals surface area contributed by atoms with E-state index >= 15 is 0 Å². The molecule has 0 saturated carbocycles. The highest BCUT2D eigenvalue weighted by Gasteiger charge is 2.05. The van der Waals surface area contributed by atoms with Crippen LogP contribution in [0.4, 0.5) is 0 Å². The summed E-state index contributed by atoms with van der Waals surface area (Å²) in [6, 6.07) is 0. The van der Waals surface area contributed by atoms with Crippen molar-refractivity contribution in [3.05, 3.63) is 0 Å². The molecule has 0 unspecified atom stereocenters. The molecule has 0 aromatic carbocycles. The topological polar surface area (TPSA) is 39.7 Å². The Labute approximate surface area is 76.6 Å². The summed E-state index contributed by atoms with van der Waals surface area (Å²) in [5.41, 5.74) is 0. The monoisotopic (exact) mass is 193 g/mol. The Balaban J connectivity index is 3.34. The van der Waals surface area contributed by atoms with Gasteiger partial charge in [0.25, 0.3) is 6.48 Å². The van der Waals surface area contributed by atoms with E-state index in [1.54, 1.807) is 0 Å². The number of hydrogen-bond acceptors (Lipinski definition) is 4. The predicted molar refractivity (Wildman–Crippen MR) is 50.3 cm³/mol. The van der Waals surface area contributed by atoms with Gasteiger partial charge in [0.15, 0.2) is 0 Å². The summed E-state index contributed by atoms with van der Waals surface area (Å²) in [7, 11) is -0.677. The van der Waals surface area contributed by atoms with Gasteiger partial charge in [0.2, 0.25) is 9.92 Å². The van der Waals surface area contributed by atoms with Crippen molar-refractivity contribution >= 4 is 9.92 Å². The fraction of sp³-hybridized carbons (Fsp3) is 1.00. The van der Waals surface area contributed by atoms with Gasteiger partial charge in [-0.15, -0.1) is 0 Å². The number of hydrogen-bond donors (Lipinski definition) is 1. The zero-order valence-corrected chi connectivity index (χ0v) is 9.54. The molecule has 0 aliphatic heterocycles. The molecule has 0 amide bonds. The third kappa shape index (κ3) is 6.75. The standard InChI is InChI=1S/C7H19NO3Si/c1-4-8-12-11-7(9-5-2)10-6-3/h7-8H,4-6,12H2,1-3H3. The van der Waals surface area contributed by atoms with Crippen LogP contribution in [0, 0.1) is 0 Å². The highest BCUT2D eigenvalue weighted by molar-refractivity contribution is 6.23. The second kappa shape index (κ2) is 9.15. The van der Waals surface area contributed by atoms with Crippen LogP contribution in [0.3, 0.4) is 0 Å². The third-order valence-electron chi connectivity index (χ3n) is 1.18. The Morgan fingerprint density at radius 1 is 1.17 bits per heavy atom. The Morgan fingerprint density at radius 3 is 2.17 bits per heavy atom. The van der Waals surface area contributed by atoms with Crippen LogP contribution in [0.2, 0.25) is 0 Å². The zero-order valence-electron chi connectivity index (χ0n) is 8.13. The average molecular weight is 193 g/mol. The van der Waals surface area contributed by atoms with Gasteiger partial charge < -0.3 is 18.9 Å². The minimum absolute atomic E-state index is 0.467. The smallest absolute Gasteiger partial charge is 0.262 e. The fourth-order valence-corrected chi connectivity index (χ4v) is 1.30. The van der Waals surface area contributed by atoms with Gasteiger partial charge in [-0.2, -0.15) is 0 Å². The molecule has 0 heterocycles. The van der Waals surface area contributed by atoms with Gasteiger partial charge in [-0.3, -0.25) is 0 Å². The lowest BCUT2D eigenvalue weighted by Crippen LogP contribution is -2.30. The van der Waals surface area contributed by atoms with E-state index < -0.39 is 16.4 Å². The summed E-state index contributed by atoms with van der Waals surface area (Å²) in [5.74, 6) is 0. The molecular weight excluding hydrogens is 174 g/mol. The van der Waals surface area contributed by atoms with Gasteiger partial charge >= 0.3 is 0 Å². The molecule has 0 fully saturated rings. The van der Waals surface area contributed by atoms with Gasteiger partial charge in [0.1, 0.15) is 0 Å². The first kappa shape index (κ1) is 12.1. The maximum absolute atomic E-state index is 5.35. The lowest BCUT2D eigenvalue weighted by Gasteiger charge is -2.17. The lowest BCUT2D eigenvalue weighted by atomic mass is 10.8. The van der Waals surface area contributed by atoms with E-state index in [1.165, 1.54) is 0 Å². The molecule has 0 aromatic heterocycles. The molecule has 0 aliphatic carbocycles. The number of nitrogens with one attached hydrogen (secondary N) is 1. The summed E-state index contributed by atoms with van der Waals surface area (Å²) < 4.78 is 15.7. The molecule has 0 bridgehead atoms. The summed E-state index contributed by atoms with van der Waals surface area (Å²) in [4.78, 5) is 3.15. The van der Waals surface area contributed by atoms with Crippen molar-refractivity contribution < 1.29 is 13.9 Å². The van der Waals surface area contributed by atoms with E-state index in [9.17, 15) is 0 Å². The van der Waals surface area contributed by atoms with Gasteiger partial charge in [-0.1, -0.05) is 6.92 Å². The predicted octanol–water partition coefficient (Wildman–Crippen LogP) is -0.0321. The maximum atomic E-state index is 5.35. The average Bonchev–Trinajstić information content (AvgIpc) is 2.06. The van der Waals surface area contributed by atoms with E-state index in [2.05, 4.69) is 4.98 Å². The van der Waals surface area contributed by atoms with Crippen LogP contribution in [0.15, 0.2) is 0 Å². The Kier molecular flexibility index (Phi) is 9.19. The second-order valence-electron chi connectivity index (χ2n) is 2.11. The molecule has 0 rings (SSSR count). The first-order valence-electron chi connectivity index (χ1n) is 4.40. The number of ether oxygens (including phenoxy) is 2. The molecular formula is C7H19NO3Si. The van der Waals surface area contributed by atoms with Crippen molar-refractivity contribution in [1.82, 2.24) is 4.98 Å². The van der Waals surface area contributed by atoms with E-state index in [4.69, 9.17) is 13.9 Å². The SMILES string of the molecule is CCN[SiH2]OC(OCC)OCC. The van der Waals surface area contributed by atoms with E-state index in [0.717, 1.165) is 6.54 Å². The molecule has 4 nitrogen and oxygen atoms in total. The zero-order chi connectivity index (χ0) is 9.23. The Bertz CT molecular complexity index is 88.7. The number of rotatable bonds is 8. The molecule has 12 heavy (non-hydrogen) atoms. The summed E-state index contributed by atoms with van der Waals surface area (Å²) in [6.45, 7) is 7.60. The van der Waals surface area contributed by atoms with Crippen molar-refractivity contribution in [1.29, 1.82) is 0 Å². The first-order valence-corrected chi connectivity index (χ1v) is 5.69. The molecule has 1 N–H and O–H groups in total. The first-order chi connectivity index (χ1) is 5.85. The van der Waals surface area contributed by atoms with Crippen LogP contribution in [-0.4, -0.2) is 36.2 Å². The normalized spacial score (nSPS) is 12.0. The van der Waals surface area contributed by atoms with Crippen LogP contribution in [-0.2, 0) is 13.9 Å². The Hall–Kier alpha value is 0.0569. The lowest BCUT2D eigenvalue weighted by molar-refractivity contribution is -0.244. The summed E-state index contributed by atoms with van der Waals surface area (Å²) in [6.07, 6.45) is 0. The van der Waals surface area contributed by atoms with E-state index in [0.29, 0.717) is 13.2 Å². The van der Waals surface area contributed by atoms with Gasteiger partial charge in [0, 0.05) is 13.2 Å². The van der Waals surface area contributed by atoms with Gasteiger partial charge in [0.05, 0.1) is 0 Å². The molecule has 5 heteroatoms. The van der Waals surface area contributed by atoms with Crippen LogP contribution >= 0.6 is 0 Å². The van der Waals surface area contributed by atoms with Crippen molar-refractivity contribution in [3.63, 3.8) is 0 Å². The van der Waals surface area contributed by atoms with E-state index in [1.807, 2.05) is 20.8 Å². The largest absolute Gasteiger partial charge is 0.363 e. The van der Waals surface area contributed by atoms with Crippen molar-refractivity contribution in [3.8, 4) is 0 Å². The highest BCUT2D eigenvalue weighted by atomic mass is 28.2. The van der Waals surface area contributed by atoms with Crippen molar-refractivity contribution in [2.75, 3.05) is 19.8 Å². The molecule has 74 valence electrons. The fourth-order valence-electron chi connectivity index (χ4n) is 0.646. The maximum Gasteiger partial charge on any atom is 0.262 e. The summed E-state index contributed by atoms with van der Waals surface area (Å²) in [5, 5.41) is 0. The Morgan fingerprint density at radius 2 is 1.75 bits per heavy atom. The second-order valence-corrected chi connectivity index (χ2v) is 3.24. The van der Waals surface area contributed by atoms with Crippen molar-refractivity contribution in [2.45, 2.75) is 27.2 Å². The quantitative estimate of drug-likeness (QED) is 0.334. The van der Waals surface area contributed by atoms with Crippen LogP contribution in [0.1, 0.15) is 20.8 Å². The molecule has 0 aromatic rings. The van der Waals surface area contributed by atoms with Crippen molar-refractivity contribution in [2.24, 2.45) is 0 Å². The summed E-state index contributed by atoms with van der Waals surface area (Å²) >= 11 is 0. The molecule has 0 aliphatic rings. The minimum Gasteiger partial charge on any atom is -0.363 e. The minimum atomic E-state index is -0.677. The molecule has 0 atom stereocenters. The van der Waals surface area contributed by atoms with Crippen LogP contribution < -0.4 is 4.98 Å². The third-order valence-corrected chi connectivity index (χ3v) is 2.32. The molecule has 0 saturated heterocycles. The van der Waals surface area contributed by atoms with Gasteiger partial charge in [-0.25, -0.2) is 0 Å². The highest BCUT2D eigenvalue weighted by Crippen LogP contribution is 1.94. The van der Waals surface area contributed by atoms with Crippen LogP contribution in [0.5, 0.6) is 0 Å². The molecule has 0 spiro atoms.